The molecule has 168 valence electrons. The van der Waals surface area contributed by atoms with Gasteiger partial charge in [0.2, 0.25) is 15.9 Å². The number of benzene rings is 1. The highest BCUT2D eigenvalue weighted by molar-refractivity contribution is 7.89. The van der Waals surface area contributed by atoms with Crippen LogP contribution in [0.4, 0.5) is 0 Å². The van der Waals surface area contributed by atoms with E-state index in [-0.39, 0.29) is 23.4 Å². The molecular formula is C23H25N3O4S2. The van der Waals surface area contributed by atoms with E-state index in [0.29, 0.717) is 13.1 Å². The third-order valence-corrected chi connectivity index (χ3v) is 8.34. The maximum atomic E-state index is 12.9. The van der Waals surface area contributed by atoms with E-state index in [1.165, 1.54) is 34.0 Å². The number of thiophene rings is 1. The molecule has 32 heavy (non-hydrogen) atoms. The van der Waals surface area contributed by atoms with Gasteiger partial charge in [0.05, 0.1) is 10.9 Å². The van der Waals surface area contributed by atoms with Gasteiger partial charge in [-0.3, -0.25) is 9.59 Å². The fourth-order valence-electron chi connectivity index (χ4n) is 3.76. The van der Waals surface area contributed by atoms with E-state index in [2.05, 4.69) is 5.32 Å². The molecule has 1 saturated heterocycles. The number of amides is 1. The molecule has 1 aliphatic heterocycles. The molecule has 0 bridgehead atoms. The van der Waals surface area contributed by atoms with Crippen molar-refractivity contribution in [3.63, 3.8) is 0 Å². The SMILES string of the molecule is Cc1ccc([C@H](NC(=O)Cn2cc(S(=O)(=O)N3CCCC3)ccc2=O)c2cccs2)cc1. The molecule has 0 radical (unpaired) electrons. The van der Waals surface area contributed by atoms with Crippen molar-refractivity contribution in [2.75, 3.05) is 13.1 Å². The average Bonchev–Trinajstić information content (AvgIpc) is 3.49. The lowest BCUT2D eigenvalue weighted by Crippen LogP contribution is -2.35. The fourth-order valence-corrected chi connectivity index (χ4v) is 6.10. The third kappa shape index (κ3) is 4.85. The number of carbonyl (C=O) groups excluding carboxylic acids is 1. The lowest BCUT2D eigenvalue weighted by Gasteiger charge is -2.19. The van der Waals surface area contributed by atoms with Crippen LogP contribution < -0.4 is 10.9 Å². The van der Waals surface area contributed by atoms with Crippen LogP contribution in [-0.2, 0) is 21.4 Å². The first-order valence-electron chi connectivity index (χ1n) is 10.4. The molecule has 7 nitrogen and oxygen atoms in total. The van der Waals surface area contributed by atoms with Crippen LogP contribution >= 0.6 is 11.3 Å². The largest absolute Gasteiger partial charge is 0.343 e. The van der Waals surface area contributed by atoms with Gasteiger partial charge in [0.1, 0.15) is 6.54 Å². The molecular weight excluding hydrogens is 446 g/mol. The highest BCUT2D eigenvalue weighted by Gasteiger charge is 2.28. The Morgan fingerprint density at radius 2 is 1.81 bits per heavy atom. The van der Waals surface area contributed by atoms with E-state index in [1.54, 1.807) is 0 Å². The normalized spacial score (nSPS) is 15.5. The average molecular weight is 472 g/mol. The summed E-state index contributed by atoms with van der Waals surface area (Å²) in [6, 6.07) is 13.9. The number of nitrogens with zero attached hydrogens (tertiary/aromatic N) is 2. The van der Waals surface area contributed by atoms with Gasteiger partial charge in [-0.25, -0.2) is 8.42 Å². The molecule has 0 spiro atoms. The zero-order chi connectivity index (χ0) is 22.7. The second-order valence-corrected chi connectivity index (χ2v) is 10.8. The van der Waals surface area contributed by atoms with E-state index < -0.39 is 15.6 Å². The van der Waals surface area contributed by atoms with Crippen molar-refractivity contribution in [1.29, 1.82) is 0 Å². The van der Waals surface area contributed by atoms with Crippen molar-refractivity contribution in [2.24, 2.45) is 0 Å². The third-order valence-electron chi connectivity index (χ3n) is 5.52. The quantitative estimate of drug-likeness (QED) is 0.574. The number of pyridine rings is 1. The lowest BCUT2D eigenvalue weighted by atomic mass is 10.0. The molecule has 4 rings (SSSR count). The van der Waals surface area contributed by atoms with Gasteiger partial charge in [0.25, 0.3) is 5.56 Å². The zero-order valence-corrected chi connectivity index (χ0v) is 19.4. The minimum Gasteiger partial charge on any atom is -0.343 e. The molecule has 9 heteroatoms. The van der Waals surface area contributed by atoms with Gasteiger partial charge in [-0.15, -0.1) is 11.3 Å². The van der Waals surface area contributed by atoms with Gasteiger partial charge in [0, 0.05) is 30.2 Å². The van der Waals surface area contributed by atoms with E-state index in [4.69, 9.17) is 0 Å². The van der Waals surface area contributed by atoms with Crippen LogP contribution in [0.5, 0.6) is 0 Å². The summed E-state index contributed by atoms with van der Waals surface area (Å²) in [4.78, 5) is 26.3. The number of carbonyl (C=O) groups is 1. The Balaban J connectivity index is 1.56. The van der Waals surface area contributed by atoms with Gasteiger partial charge < -0.3 is 9.88 Å². The molecule has 1 fully saturated rings. The molecule has 1 aromatic carbocycles. The minimum atomic E-state index is -3.68. The van der Waals surface area contributed by atoms with Gasteiger partial charge in [-0.05, 0) is 42.8 Å². The molecule has 0 aliphatic carbocycles. The van der Waals surface area contributed by atoms with E-state index in [9.17, 15) is 18.0 Å². The van der Waals surface area contributed by atoms with E-state index in [0.717, 1.165) is 33.4 Å². The summed E-state index contributed by atoms with van der Waals surface area (Å²) in [5.74, 6) is -0.373. The Bertz CT molecular complexity index is 1240. The van der Waals surface area contributed by atoms with Crippen LogP contribution in [0.25, 0.3) is 0 Å². The lowest BCUT2D eigenvalue weighted by molar-refractivity contribution is -0.122. The summed E-state index contributed by atoms with van der Waals surface area (Å²) >= 11 is 1.53. The predicted octanol–water partition coefficient (Wildman–Crippen LogP) is 2.91. The standard InChI is InChI=1S/C23H25N3O4S2/c1-17-6-8-18(9-7-17)23(20-5-4-14-31-20)24-21(27)16-25-15-19(10-11-22(25)28)32(29,30)26-12-2-3-13-26/h4-11,14-15,23H,2-3,12-13,16H2,1H3,(H,24,27)/t23-/m0/s1. The number of nitrogens with one attached hydrogen (secondary N) is 1. The highest BCUT2D eigenvalue weighted by Crippen LogP contribution is 2.26. The van der Waals surface area contributed by atoms with Crippen molar-refractivity contribution in [1.82, 2.24) is 14.2 Å². The number of aromatic nitrogens is 1. The molecule has 1 amide bonds. The van der Waals surface area contributed by atoms with Crippen molar-refractivity contribution >= 4 is 27.3 Å². The zero-order valence-electron chi connectivity index (χ0n) is 17.7. The summed E-state index contributed by atoms with van der Waals surface area (Å²) in [6.07, 6.45) is 2.91. The number of sulfonamides is 1. The Hall–Kier alpha value is -2.75. The van der Waals surface area contributed by atoms with Gasteiger partial charge in [-0.1, -0.05) is 35.9 Å². The van der Waals surface area contributed by atoms with Crippen molar-refractivity contribution in [2.45, 2.75) is 37.2 Å². The van der Waals surface area contributed by atoms with Crippen LogP contribution in [0.1, 0.15) is 34.9 Å². The highest BCUT2D eigenvalue weighted by atomic mass is 32.2. The van der Waals surface area contributed by atoms with Crippen LogP contribution in [0, 0.1) is 6.92 Å². The van der Waals surface area contributed by atoms with Crippen LogP contribution in [-0.4, -0.2) is 36.3 Å². The van der Waals surface area contributed by atoms with Crippen molar-refractivity contribution in [3.8, 4) is 0 Å². The van der Waals surface area contributed by atoms with Crippen molar-refractivity contribution in [3.05, 3.63) is 86.5 Å². The molecule has 0 saturated carbocycles. The number of hydrogen-bond acceptors (Lipinski definition) is 5. The maximum Gasteiger partial charge on any atom is 0.251 e. The van der Waals surface area contributed by atoms with Gasteiger partial charge in [0.15, 0.2) is 0 Å². The Labute approximate surface area is 191 Å². The number of hydrogen-bond donors (Lipinski definition) is 1. The molecule has 3 heterocycles. The summed E-state index contributed by atoms with van der Waals surface area (Å²) in [5, 5.41) is 4.94. The Kier molecular flexibility index (Phi) is 6.59. The van der Waals surface area contributed by atoms with Crippen LogP contribution in [0.15, 0.2) is 69.8 Å². The molecule has 1 N–H and O–H groups in total. The molecule has 2 aromatic heterocycles. The van der Waals surface area contributed by atoms with E-state index >= 15 is 0 Å². The maximum absolute atomic E-state index is 12.9. The number of aryl methyl sites for hydroxylation is 1. The molecule has 1 aliphatic rings. The van der Waals surface area contributed by atoms with Crippen LogP contribution in [0.2, 0.25) is 0 Å². The van der Waals surface area contributed by atoms with Crippen LogP contribution in [0.3, 0.4) is 0 Å². The first-order chi connectivity index (χ1) is 15.3. The minimum absolute atomic E-state index is 0.0279. The Morgan fingerprint density at radius 1 is 1.09 bits per heavy atom. The van der Waals surface area contributed by atoms with Gasteiger partial charge >= 0.3 is 0 Å². The summed E-state index contributed by atoms with van der Waals surface area (Å²) in [7, 11) is -3.68. The second-order valence-electron chi connectivity index (χ2n) is 7.87. The smallest absolute Gasteiger partial charge is 0.251 e. The van der Waals surface area contributed by atoms with Crippen molar-refractivity contribution < 1.29 is 13.2 Å². The number of rotatable bonds is 7. The summed E-state index contributed by atoms with van der Waals surface area (Å²) < 4.78 is 28.3. The first kappa shape index (κ1) is 22.4. The monoisotopic (exact) mass is 471 g/mol. The van der Waals surface area contributed by atoms with Gasteiger partial charge in [-0.2, -0.15) is 4.31 Å². The molecule has 3 aromatic rings. The fraction of sp³-hybridized carbons (Fsp3) is 0.304. The summed E-state index contributed by atoms with van der Waals surface area (Å²) in [6.45, 7) is 2.68. The van der Waals surface area contributed by atoms with E-state index in [1.807, 2.05) is 48.7 Å². The first-order valence-corrected chi connectivity index (χ1v) is 12.8. The summed E-state index contributed by atoms with van der Waals surface area (Å²) in [5.41, 5.74) is 1.63. The topological polar surface area (TPSA) is 88.5 Å². The molecule has 1 atom stereocenters. The second kappa shape index (κ2) is 9.40. The molecule has 0 unspecified atom stereocenters. The predicted molar refractivity (Wildman–Crippen MR) is 124 cm³/mol. The Morgan fingerprint density at radius 3 is 2.47 bits per heavy atom.